The maximum Gasteiger partial charge on any atom is 0.232 e. The fraction of sp³-hybridized carbons (Fsp3) is 0.375. The molecule has 2 atom stereocenters. The minimum Gasteiger partial charge on any atom is -0.369 e. The molecular weight excluding hydrogens is 351 g/mol. The lowest BCUT2D eigenvalue weighted by atomic mass is 9.95. The van der Waals surface area contributed by atoms with E-state index in [0.29, 0.717) is 5.82 Å². The van der Waals surface area contributed by atoms with E-state index in [-0.39, 0.29) is 41.9 Å². The number of benzene rings is 1. The topological polar surface area (TPSA) is 102 Å². The Kier molecular flexibility index (Phi) is 4.71. The van der Waals surface area contributed by atoms with Gasteiger partial charge in [-0.05, 0) is 19.1 Å². The molecule has 1 fully saturated rings. The molecule has 0 bridgehead atoms. The van der Waals surface area contributed by atoms with Crippen LogP contribution in [0.15, 0.2) is 22.7 Å². The standard InChI is InChI=1S/C16H16ClFN4O3/c1-8-20-16(25-21-8)11-7-22(6-10(11)15(19)24)14(23)5-9-12(17)3-2-4-13(9)18/h2-4,10-11H,5-7H2,1H3,(H2,19,24). The third-order valence-corrected chi connectivity index (χ3v) is 4.64. The van der Waals surface area contributed by atoms with Crippen LogP contribution in [0.3, 0.4) is 0 Å². The number of primary amides is 1. The Balaban J connectivity index is 1.79. The molecule has 1 saturated heterocycles. The fourth-order valence-electron chi connectivity index (χ4n) is 2.97. The number of aryl methyl sites for hydroxylation is 1. The first kappa shape index (κ1) is 17.3. The number of halogens is 2. The van der Waals surface area contributed by atoms with Crippen LogP contribution in [0, 0.1) is 18.7 Å². The molecule has 1 aromatic carbocycles. The molecule has 0 aliphatic carbocycles. The molecule has 25 heavy (non-hydrogen) atoms. The molecule has 7 nitrogen and oxygen atoms in total. The van der Waals surface area contributed by atoms with E-state index in [9.17, 15) is 14.0 Å². The number of hydrogen-bond acceptors (Lipinski definition) is 5. The van der Waals surface area contributed by atoms with Crippen molar-refractivity contribution in [2.24, 2.45) is 11.7 Å². The molecule has 1 aromatic heterocycles. The summed E-state index contributed by atoms with van der Waals surface area (Å²) in [6, 6.07) is 4.24. The molecule has 3 rings (SSSR count). The number of amides is 2. The van der Waals surface area contributed by atoms with Crippen LogP contribution in [0.25, 0.3) is 0 Å². The summed E-state index contributed by atoms with van der Waals surface area (Å²) in [5, 5.41) is 3.89. The maximum absolute atomic E-state index is 13.9. The second kappa shape index (κ2) is 6.79. The van der Waals surface area contributed by atoms with Crippen molar-refractivity contribution in [3.8, 4) is 0 Å². The van der Waals surface area contributed by atoms with Gasteiger partial charge in [-0.1, -0.05) is 22.8 Å². The van der Waals surface area contributed by atoms with E-state index in [1.165, 1.54) is 23.1 Å². The highest BCUT2D eigenvalue weighted by molar-refractivity contribution is 6.31. The number of carbonyl (C=O) groups is 2. The summed E-state index contributed by atoms with van der Waals surface area (Å²) in [5.41, 5.74) is 5.57. The Morgan fingerprint density at radius 3 is 2.80 bits per heavy atom. The van der Waals surface area contributed by atoms with Gasteiger partial charge in [-0.25, -0.2) is 4.39 Å². The van der Waals surface area contributed by atoms with E-state index >= 15 is 0 Å². The van der Waals surface area contributed by atoms with Crippen LogP contribution in [0.1, 0.15) is 23.2 Å². The number of rotatable bonds is 4. The monoisotopic (exact) mass is 366 g/mol. The average molecular weight is 367 g/mol. The highest BCUT2D eigenvalue weighted by Crippen LogP contribution is 2.32. The molecule has 0 saturated carbocycles. The van der Waals surface area contributed by atoms with Crippen LogP contribution in [0.5, 0.6) is 0 Å². The molecule has 2 amide bonds. The van der Waals surface area contributed by atoms with E-state index in [1.807, 2.05) is 0 Å². The molecule has 2 aromatic rings. The number of likely N-dealkylation sites (tertiary alicyclic amines) is 1. The van der Waals surface area contributed by atoms with Crippen molar-refractivity contribution in [2.45, 2.75) is 19.3 Å². The minimum absolute atomic E-state index is 0.117. The van der Waals surface area contributed by atoms with Gasteiger partial charge >= 0.3 is 0 Å². The molecule has 132 valence electrons. The first-order valence-corrected chi connectivity index (χ1v) is 8.04. The van der Waals surface area contributed by atoms with Crippen LogP contribution < -0.4 is 5.73 Å². The largest absolute Gasteiger partial charge is 0.369 e. The third kappa shape index (κ3) is 3.48. The Morgan fingerprint density at radius 1 is 1.44 bits per heavy atom. The number of nitrogens with two attached hydrogens (primary N) is 1. The van der Waals surface area contributed by atoms with Crippen molar-refractivity contribution in [3.63, 3.8) is 0 Å². The number of aromatic nitrogens is 2. The summed E-state index contributed by atoms with van der Waals surface area (Å²) >= 11 is 5.97. The van der Waals surface area contributed by atoms with Gasteiger partial charge in [-0.15, -0.1) is 0 Å². The number of hydrogen-bond donors (Lipinski definition) is 1. The third-order valence-electron chi connectivity index (χ3n) is 4.29. The van der Waals surface area contributed by atoms with Gasteiger partial charge in [-0.2, -0.15) is 4.98 Å². The first-order valence-electron chi connectivity index (χ1n) is 7.67. The van der Waals surface area contributed by atoms with Gasteiger partial charge in [0.15, 0.2) is 5.82 Å². The number of nitrogens with zero attached hydrogens (tertiary/aromatic N) is 3. The Hall–Kier alpha value is -2.48. The second-order valence-electron chi connectivity index (χ2n) is 5.97. The Labute approximate surface area is 147 Å². The van der Waals surface area contributed by atoms with Gasteiger partial charge < -0.3 is 15.2 Å². The van der Waals surface area contributed by atoms with Crippen LogP contribution in [0.4, 0.5) is 4.39 Å². The van der Waals surface area contributed by atoms with Crippen LogP contribution >= 0.6 is 11.6 Å². The van der Waals surface area contributed by atoms with Gasteiger partial charge in [0.2, 0.25) is 17.7 Å². The van der Waals surface area contributed by atoms with E-state index < -0.39 is 23.6 Å². The molecule has 0 spiro atoms. The van der Waals surface area contributed by atoms with Crippen LogP contribution in [0.2, 0.25) is 5.02 Å². The van der Waals surface area contributed by atoms with E-state index in [0.717, 1.165) is 0 Å². The van der Waals surface area contributed by atoms with E-state index in [4.69, 9.17) is 21.9 Å². The quantitative estimate of drug-likeness (QED) is 0.882. The van der Waals surface area contributed by atoms with Crippen molar-refractivity contribution in [1.29, 1.82) is 0 Å². The normalized spacial score (nSPS) is 20.0. The zero-order valence-electron chi connectivity index (χ0n) is 13.4. The van der Waals surface area contributed by atoms with Crippen molar-refractivity contribution in [3.05, 3.63) is 46.3 Å². The van der Waals surface area contributed by atoms with Crippen molar-refractivity contribution >= 4 is 23.4 Å². The van der Waals surface area contributed by atoms with Crippen molar-refractivity contribution in [1.82, 2.24) is 15.0 Å². The van der Waals surface area contributed by atoms with E-state index in [1.54, 1.807) is 6.92 Å². The highest BCUT2D eigenvalue weighted by atomic mass is 35.5. The van der Waals surface area contributed by atoms with Crippen molar-refractivity contribution < 1.29 is 18.5 Å². The predicted octanol–water partition coefficient (Wildman–Crippen LogP) is 1.44. The minimum atomic E-state index is -0.639. The lowest BCUT2D eigenvalue weighted by molar-refractivity contribution is -0.129. The maximum atomic E-state index is 13.9. The summed E-state index contributed by atoms with van der Waals surface area (Å²) in [5.74, 6) is -1.87. The van der Waals surface area contributed by atoms with Gasteiger partial charge in [-0.3, -0.25) is 9.59 Å². The van der Waals surface area contributed by atoms with Gasteiger partial charge in [0.25, 0.3) is 0 Å². The summed E-state index contributed by atoms with van der Waals surface area (Å²) < 4.78 is 19.0. The molecule has 0 radical (unpaired) electrons. The van der Waals surface area contributed by atoms with Gasteiger partial charge in [0.1, 0.15) is 5.82 Å². The SMILES string of the molecule is Cc1noc(C2CN(C(=O)Cc3c(F)cccc3Cl)CC2C(N)=O)n1. The fourth-order valence-corrected chi connectivity index (χ4v) is 3.20. The molecule has 2 unspecified atom stereocenters. The molecule has 1 aliphatic heterocycles. The lowest BCUT2D eigenvalue weighted by Crippen LogP contribution is -2.33. The summed E-state index contributed by atoms with van der Waals surface area (Å²) in [4.78, 5) is 29.9. The smallest absolute Gasteiger partial charge is 0.232 e. The first-order chi connectivity index (χ1) is 11.9. The van der Waals surface area contributed by atoms with Crippen LogP contribution in [-0.4, -0.2) is 39.9 Å². The van der Waals surface area contributed by atoms with Gasteiger partial charge in [0, 0.05) is 23.7 Å². The highest BCUT2D eigenvalue weighted by Gasteiger charge is 2.42. The molecular formula is C16H16ClFN4O3. The van der Waals surface area contributed by atoms with Crippen LogP contribution in [-0.2, 0) is 16.0 Å². The summed E-state index contributed by atoms with van der Waals surface area (Å²) in [6.45, 7) is 1.97. The summed E-state index contributed by atoms with van der Waals surface area (Å²) in [6.07, 6.45) is -0.202. The summed E-state index contributed by atoms with van der Waals surface area (Å²) in [7, 11) is 0. The molecule has 2 heterocycles. The van der Waals surface area contributed by atoms with Crippen molar-refractivity contribution in [2.75, 3.05) is 13.1 Å². The molecule has 9 heteroatoms. The Bertz CT molecular complexity index is 805. The number of carbonyl (C=O) groups excluding carboxylic acids is 2. The lowest BCUT2D eigenvalue weighted by Gasteiger charge is -2.16. The predicted molar refractivity (Wildman–Crippen MR) is 86.2 cm³/mol. The zero-order valence-corrected chi connectivity index (χ0v) is 14.2. The molecule has 1 aliphatic rings. The Morgan fingerprint density at radius 2 is 2.20 bits per heavy atom. The molecule has 2 N–H and O–H groups in total. The van der Waals surface area contributed by atoms with Gasteiger partial charge in [0.05, 0.1) is 18.3 Å². The average Bonchev–Trinajstić information content (AvgIpc) is 3.17. The van der Waals surface area contributed by atoms with E-state index in [2.05, 4.69) is 10.1 Å². The zero-order chi connectivity index (χ0) is 18.1. The second-order valence-corrected chi connectivity index (χ2v) is 6.38.